The predicted octanol–water partition coefficient (Wildman–Crippen LogP) is 0.689. The summed E-state index contributed by atoms with van der Waals surface area (Å²) in [6, 6.07) is 7.82. The monoisotopic (exact) mass is 306 g/mol. The molecular formula is C13H14N4O3S. The summed E-state index contributed by atoms with van der Waals surface area (Å²) in [6.07, 6.45) is 1.51. The molecule has 1 aromatic carbocycles. The number of amidine groups is 1. The fourth-order valence-electron chi connectivity index (χ4n) is 1.95. The lowest BCUT2D eigenvalue weighted by Gasteiger charge is -2.12. The number of primary sulfonamides is 1. The second-order valence-electron chi connectivity index (χ2n) is 4.23. The van der Waals surface area contributed by atoms with Gasteiger partial charge in [-0.25, -0.2) is 18.5 Å². The van der Waals surface area contributed by atoms with Crippen LogP contribution in [-0.2, 0) is 10.0 Å². The van der Waals surface area contributed by atoms with Crippen LogP contribution in [0.15, 0.2) is 41.4 Å². The van der Waals surface area contributed by atoms with E-state index in [9.17, 15) is 8.42 Å². The summed E-state index contributed by atoms with van der Waals surface area (Å²) in [5.74, 6) is 0.0381. The van der Waals surface area contributed by atoms with Crippen LogP contribution < -0.4 is 15.6 Å². The van der Waals surface area contributed by atoms with Gasteiger partial charge in [-0.15, -0.1) is 0 Å². The molecule has 0 saturated carbocycles. The maximum absolute atomic E-state index is 11.6. The van der Waals surface area contributed by atoms with Crippen LogP contribution in [0.4, 0.5) is 0 Å². The zero-order chi connectivity index (χ0) is 15.6. The third-order valence-corrected chi connectivity index (χ3v) is 3.81. The maximum Gasteiger partial charge on any atom is 0.238 e. The molecule has 0 unspecified atom stereocenters. The highest BCUT2D eigenvalue weighted by molar-refractivity contribution is 7.89. The molecule has 0 saturated heterocycles. The number of hydrogen-bond donors (Lipinski definition) is 3. The number of nitrogens with one attached hydrogen (secondary N) is 1. The minimum atomic E-state index is -3.99. The average molecular weight is 306 g/mol. The summed E-state index contributed by atoms with van der Waals surface area (Å²) in [4.78, 5) is 3.86. The Morgan fingerprint density at radius 2 is 2.00 bits per heavy atom. The van der Waals surface area contributed by atoms with Crippen molar-refractivity contribution in [2.45, 2.75) is 4.90 Å². The highest BCUT2D eigenvalue weighted by atomic mass is 32.2. The van der Waals surface area contributed by atoms with Gasteiger partial charge in [-0.1, -0.05) is 12.1 Å². The zero-order valence-corrected chi connectivity index (χ0v) is 12.0. The molecule has 2 aromatic rings. The number of benzene rings is 1. The van der Waals surface area contributed by atoms with Gasteiger partial charge in [0.15, 0.2) is 0 Å². The molecule has 8 heteroatoms. The van der Waals surface area contributed by atoms with E-state index in [1.807, 2.05) is 0 Å². The Hall–Kier alpha value is -2.45. The minimum absolute atomic E-state index is 0.0620. The lowest BCUT2D eigenvalue weighted by Crippen LogP contribution is -2.21. The highest BCUT2D eigenvalue weighted by Crippen LogP contribution is 2.28. The number of hydrogen-bond acceptors (Lipinski definition) is 5. The predicted molar refractivity (Wildman–Crippen MR) is 78.6 cm³/mol. The number of nitrogen functional groups attached to an aromatic ring is 1. The lowest BCUT2D eigenvalue weighted by atomic mass is 10.0. The normalized spacial score (nSPS) is 11.1. The van der Waals surface area contributed by atoms with Crippen molar-refractivity contribution in [3.8, 4) is 17.0 Å². The lowest BCUT2D eigenvalue weighted by molar-refractivity contribution is 0.398. The molecule has 5 N–H and O–H groups in total. The SMILES string of the molecule is COc1ccc(-c2cccc(S(N)(=O)=O)c2C(=N)N)cn1. The van der Waals surface area contributed by atoms with Crippen molar-refractivity contribution in [2.24, 2.45) is 10.9 Å². The van der Waals surface area contributed by atoms with E-state index in [2.05, 4.69) is 4.98 Å². The van der Waals surface area contributed by atoms with E-state index in [1.165, 1.54) is 25.4 Å². The first-order valence-corrected chi connectivity index (χ1v) is 7.40. The van der Waals surface area contributed by atoms with Gasteiger partial charge in [-0.3, -0.25) is 5.41 Å². The molecule has 0 aliphatic carbocycles. The van der Waals surface area contributed by atoms with Crippen molar-refractivity contribution in [1.82, 2.24) is 4.98 Å². The van der Waals surface area contributed by atoms with Gasteiger partial charge in [0.05, 0.1) is 12.0 Å². The summed E-state index contributed by atoms with van der Waals surface area (Å²) in [5, 5.41) is 12.8. The number of methoxy groups -OCH3 is 1. The molecule has 0 fully saturated rings. The summed E-state index contributed by atoms with van der Waals surface area (Å²) >= 11 is 0. The number of nitrogens with two attached hydrogens (primary N) is 2. The molecule has 0 radical (unpaired) electrons. The van der Waals surface area contributed by atoms with Gasteiger partial charge in [0.2, 0.25) is 15.9 Å². The Kier molecular flexibility index (Phi) is 3.92. The van der Waals surface area contributed by atoms with Gasteiger partial charge in [-0.2, -0.15) is 0 Å². The minimum Gasteiger partial charge on any atom is -0.481 e. The van der Waals surface area contributed by atoms with Crippen LogP contribution in [0.3, 0.4) is 0 Å². The van der Waals surface area contributed by atoms with Crippen LogP contribution >= 0.6 is 0 Å². The van der Waals surface area contributed by atoms with Gasteiger partial charge < -0.3 is 10.5 Å². The first-order chi connectivity index (χ1) is 9.84. The molecule has 1 aromatic heterocycles. The van der Waals surface area contributed by atoms with E-state index in [0.717, 1.165) is 0 Å². The molecule has 0 amide bonds. The molecule has 1 heterocycles. The van der Waals surface area contributed by atoms with Gasteiger partial charge in [0.25, 0.3) is 0 Å². The Bertz CT molecular complexity index is 786. The number of pyridine rings is 1. The molecular weight excluding hydrogens is 292 g/mol. The second-order valence-corrected chi connectivity index (χ2v) is 5.76. The third-order valence-electron chi connectivity index (χ3n) is 2.86. The van der Waals surface area contributed by atoms with Crippen molar-refractivity contribution in [3.05, 3.63) is 42.1 Å². The summed E-state index contributed by atoms with van der Waals surface area (Å²) in [6.45, 7) is 0. The van der Waals surface area contributed by atoms with Crippen LogP contribution in [0, 0.1) is 5.41 Å². The number of ether oxygens (including phenoxy) is 1. The van der Waals surface area contributed by atoms with Crippen molar-refractivity contribution in [3.63, 3.8) is 0 Å². The smallest absolute Gasteiger partial charge is 0.238 e. The van der Waals surface area contributed by atoms with E-state index in [-0.39, 0.29) is 16.3 Å². The van der Waals surface area contributed by atoms with Crippen molar-refractivity contribution < 1.29 is 13.2 Å². The van der Waals surface area contributed by atoms with Crippen LogP contribution in [-0.4, -0.2) is 26.3 Å². The van der Waals surface area contributed by atoms with E-state index in [1.54, 1.807) is 18.2 Å². The second kappa shape index (κ2) is 5.51. The van der Waals surface area contributed by atoms with Crippen LogP contribution in [0.25, 0.3) is 11.1 Å². The molecule has 21 heavy (non-hydrogen) atoms. The zero-order valence-electron chi connectivity index (χ0n) is 11.2. The number of sulfonamides is 1. The molecule has 7 nitrogen and oxygen atoms in total. The maximum atomic E-state index is 11.6. The number of aromatic nitrogens is 1. The number of rotatable bonds is 4. The van der Waals surface area contributed by atoms with Gasteiger partial charge in [0, 0.05) is 23.4 Å². The molecule has 0 atom stereocenters. The molecule has 2 rings (SSSR count). The van der Waals surface area contributed by atoms with E-state index < -0.39 is 10.0 Å². The molecule has 0 spiro atoms. The van der Waals surface area contributed by atoms with Crippen molar-refractivity contribution >= 4 is 15.9 Å². The first kappa shape index (κ1) is 14.9. The summed E-state index contributed by atoms with van der Waals surface area (Å²) in [7, 11) is -2.50. The molecule has 110 valence electrons. The van der Waals surface area contributed by atoms with Gasteiger partial charge >= 0.3 is 0 Å². The highest BCUT2D eigenvalue weighted by Gasteiger charge is 2.20. The molecule has 0 aliphatic rings. The fraction of sp³-hybridized carbons (Fsp3) is 0.0769. The van der Waals surface area contributed by atoms with Gasteiger partial charge in [-0.05, 0) is 17.7 Å². The summed E-state index contributed by atoms with van der Waals surface area (Å²) < 4.78 is 28.2. The van der Waals surface area contributed by atoms with E-state index in [0.29, 0.717) is 17.0 Å². The van der Waals surface area contributed by atoms with E-state index >= 15 is 0 Å². The Labute approximate surface area is 122 Å². The Morgan fingerprint density at radius 1 is 1.29 bits per heavy atom. The Morgan fingerprint density at radius 3 is 2.48 bits per heavy atom. The van der Waals surface area contributed by atoms with Crippen LogP contribution in [0.1, 0.15) is 5.56 Å². The topological polar surface area (TPSA) is 132 Å². The standard InChI is InChI=1S/C13H14N4O3S/c1-20-11-6-5-8(7-17-11)9-3-2-4-10(21(16,18)19)12(9)13(14)15/h2-7H,1H3,(H3,14,15)(H2,16,18,19). The van der Waals surface area contributed by atoms with Crippen LogP contribution in [0.5, 0.6) is 5.88 Å². The average Bonchev–Trinajstić information content (AvgIpc) is 2.45. The summed E-state index contributed by atoms with van der Waals surface area (Å²) in [5.41, 5.74) is 6.65. The first-order valence-electron chi connectivity index (χ1n) is 5.85. The van der Waals surface area contributed by atoms with Crippen molar-refractivity contribution in [1.29, 1.82) is 5.41 Å². The Balaban J connectivity index is 2.71. The largest absolute Gasteiger partial charge is 0.481 e. The molecule has 0 bridgehead atoms. The number of nitrogens with zero attached hydrogens (tertiary/aromatic N) is 1. The van der Waals surface area contributed by atoms with Gasteiger partial charge in [0.1, 0.15) is 5.84 Å². The quantitative estimate of drug-likeness (QED) is 0.564. The molecule has 0 aliphatic heterocycles. The van der Waals surface area contributed by atoms with Crippen molar-refractivity contribution in [2.75, 3.05) is 7.11 Å². The fourth-order valence-corrected chi connectivity index (χ4v) is 2.72. The van der Waals surface area contributed by atoms with Crippen LogP contribution in [0.2, 0.25) is 0 Å². The van der Waals surface area contributed by atoms with E-state index in [4.69, 9.17) is 21.0 Å². The third kappa shape index (κ3) is 3.01.